The molecule has 23 heavy (non-hydrogen) atoms. The van der Waals surface area contributed by atoms with Gasteiger partial charge in [-0.3, -0.25) is 4.79 Å². The molecule has 0 radical (unpaired) electrons. The summed E-state index contributed by atoms with van der Waals surface area (Å²) in [5, 5.41) is 2.77. The maximum Gasteiger partial charge on any atom is 0.337 e. The second kappa shape index (κ2) is 7.45. The molecule has 0 heterocycles. The highest BCUT2D eigenvalue weighted by atomic mass is 16.5. The molecule has 1 amide bonds. The second-order valence-electron chi connectivity index (χ2n) is 4.94. The monoisotopic (exact) mass is 313 g/mol. The van der Waals surface area contributed by atoms with Gasteiger partial charge < -0.3 is 14.8 Å². The van der Waals surface area contributed by atoms with E-state index in [1.807, 2.05) is 13.8 Å². The number of carbonyl (C=O) groups is 2. The standard InChI is InChI=1S/C18H19NO4/c1-4-23-16-9-8-13(10-12(16)2)17(20)19-15-7-5-6-14(11-15)18(21)22-3/h5-11H,4H2,1-3H3,(H,19,20). The van der Waals surface area contributed by atoms with E-state index in [-0.39, 0.29) is 5.91 Å². The summed E-state index contributed by atoms with van der Waals surface area (Å²) in [6, 6.07) is 11.9. The first-order chi connectivity index (χ1) is 11.0. The van der Waals surface area contributed by atoms with Gasteiger partial charge in [-0.1, -0.05) is 6.07 Å². The molecule has 0 atom stereocenters. The molecular formula is C18H19NO4. The van der Waals surface area contributed by atoms with Crippen LogP contribution >= 0.6 is 0 Å². The van der Waals surface area contributed by atoms with Crippen molar-refractivity contribution in [2.24, 2.45) is 0 Å². The van der Waals surface area contributed by atoms with Crippen LogP contribution in [0, 0.1) is 6.92 Å². The topological polar surface area (TPSA) is 64.6 Å². The van der Waals surface area contributed by atoms with Crippen molar-refractivity contribution < 1.29 is 19.1 Å². The lowest BCUT2D eigenvalue weighted by atomic mass is 10.1. The molecule has 2 aromatic rings. The maximum atomic E-state index is 12.3. The molecule has 0 bridgehead atoms. The maximum absolute atomic E-state index is 12.3. The summed E-state index contributed by atoms with van der Waals surface area (Å²) in [6.07, 6.45) is 0. The van der Waals surface area contributed by atoms with Gasteiger partial charge in [0, 0.05) is 11.3 Å². The summed E-state index contributed by atoms with van der Waals surface area (Å²) < 4.78 is 10.1. The number of rotatable bonds is 5. The van der Waals surface area contributed by atoms with E-state index >= 15 is 0 Å². The van der Waals surface area contributed by atoms with E-state index in [4.69, 9.17) is 4.74 Å². The first-order valence-corrected chi connectivity index (χ1v) is 7.28. The highest BCUT2D eigenvalue weighted by Crippen LogP contribution is 2.20. The molecule has 0 aliphatic rings. The Bertz CT molecular complexity index is 725. The number of hydrogen-bond donors (Lipinski definition) is 1. The number of carbonyl (C=O) groups excluding carboxylic acids is 2. The number of methoxy groups -OCH3 is 1. The van der Waals surface area contributed by atoms with Crippen molar-refractivity contribution in [1.82, 2.24) is 0 Å². The number of amides is 1. The van der Waals surface area contributed by atoms with Crippen molar-refractivity contribution >= 4 is 17.6 Å². The molecule has 0 unspecified atom stereocenters. The van der Waals surface area contributed by atoms with Crippen LogP contribution in [0.3, 0.4) is 0 Å². The molecule has 2 aromatic carbocycles. The van der Waals surface area contributed by atoms with Gasteiger partial charge in [0.05, 0.1) is 19.3 Å². The van der Waals surface area contributed by atoms with Crippen molar-refractivity contribution in [1.29, 1.82) is 0 Å². The summed E-state index contributed by atoms with van der Waals surface area (Å²) in [4.78, 5) is 23.8. The largest absolute Gasteiger partial charge is 0.494 e. The van der Waals surface area contributed by atoms with E-state index < -0.39 is 5.97 Å². The molecule has 5 nitrogen and oxygen atoms in total. The summed E-state index contributed by atoms with van der Waals surface area (Å²) >= 11 is 0. The van der Waals surface area contributed by atoms with Gasteiger partial charge in [0.2, 0.25) is 0 Å². The average molecular weight is 313 g/mol. The molecule has 0 aliphatic heterocycles. The highest BCUT2D eigenvalue weighted by Gasteiger charge is 2.11. The Morgan fingerprint density at radius 1 is 1.09 bits per heavy atom. The molecular weight excluding hydrogens is 294 g/mol. The number of benzene rings is 2. The molecule has 120 valence electrons. The van der Waals surface area contributed by atoms with Crippen LogP contribution in [0.5, 0.6) is 5.75 Å². The van der Waals surface area contributed by atoms with Gasteiger partial charge in [0.1, 0.15) is 5.75 Å². The molecule has 0 saturated carbocycles. The molecule has 0 saturated heterocycles. The Morgan fingerprint density at radius 3 is 2.52 bits per heavy atom. The Kier molecular flexibility index (Phi) is 5.36. The van der Waals surface area contributed by atoms with Crippen LogP contribution in [-0.2, 0) is 4.74 Å². The number of hydrogen-bond acceptors (Lipinski definition) is 4. The number of nitrogens with one attached hydrogen (secondary N) is 1. The predicted octanol–water partition coefficient (Wildman–Crippen LogP) is 3.43. The lowest BCUT2D eigenvalue weighted by Gasteiger charge is -2.10. The summed E-state index contributed by atoms with van der Waals surface area (Å²) in [5.74, 6) is 0.0629. The zero-order chi connectivity index (χ0) is 16.8. The molecule has 0 aromatic heterocycles. The Labute approximate surface area is 135 Å². The van der Waals surface area contributed by atoms with E-state index in [9.17, 15) is 9.59 Å². The first-order valence-electron chi connectivity index (χ1n) is 7.28. The number of esters is 1. The van der Waals surface area contributed by atoms with Crippen molar-refractivity contribution in [2.75, 3.05) is 19.0 Å². The molecule has 1 N–H and O–H groups in total. The smallest absolute Gasteiger partial charge is 0.337 e. The Hall–Kier alpha value is -2.82. The fourth-order valence-electron chi connectivity index (χ4n) is 2.15. The normalized spacial score (nSPS) is 10.0. The number of anilines is 1. The minimum Gasteiger partial charge on any atom is -0.494 e. The van der Waals surface area contributed by atoms with Crippen LogP contribution in [0.15, 0.2) is 42.5 Å². The van der Waals surface area contributed by atoms with Gasteiger partial charge in [-0.2, -0.15) is 0 Å². The van der Waals surface area contributed by atoms with Crippen LogP contribution in [0.4, 0.5) is 5.69 Å². The minimum absolute atomic E-state index is 0.252. The third-order valence-corrected chi connectivity index (χ3v) is 3.28. The third kappa shape index (κ3) is 4.10. The van der Waals surface area contributed by atoms with E-state index in [0.29, 0.717) is 23.4 Å². The molecule has 5 heteroatoms. The fourth-order valence-corrected chi connectivity index (χ4v) is 2.15. The summed E-state index contributed by atoms with van der Waals surface area (Å²) in [7, 11) is 1.32. The zero-order valence-electron chi connectivity index (χ0n) is 13.4. The van der Waals surface area contributed by atoms with Gasteiger partial charge >= 0.3 is 5.97 Å². The van der Waals surface area contributed by atoms with Crippen molar-refractivity contribution in [3.8, 4) is 5.75 Å². The minimum atomic E-state index is -0.446. The third-order valence-electron chi connectivity index (χ3n) is 3.28. The first kappa shape index (κ1) is 16.5. The SMILES string of the molecule is CCOc1ccc(C(=O)Nc2cccc(C(=O)OC)c2)cc1C. The Balaban J connectivity index is 2.16. The van der Waals surface area contributed by atoms with Crippen LogP contribution < -0.4 is 10.1 Å². The van der Waals surface area contributed by atoms with E-state index in [0.717, 1.165) is 11.3 Å². The number of ether oxygens (including phenoxy) is 2. The molecule has 0 fully saturated rings. The van der Waals surface area contributed by atoms with Crippen LogP contribution in [0.2, 0.25) is 0 Å². The lowest BCUT2D eigenvalue weighted by molar-refractivity contribution is 0.0600. The van der Waals surface area contributed by atoms with Crippen LogP contribution in [0.1, 0.15) is 33.2 Å². The summed E-state index contributed by atoms with van der Waals surface area (Å²) in [6.45, 7) is 4.38. The van der Waals surface area contributed by atoms with Gasteiger partial charge in [-0.15, -0.1) is 0 Å². The quantitative estimate of drug-likeness (QED) is 0.859. The van der Waals surface area contributed by atoms with Crippen LogP contribution in [-0.4, -0.2) is 25.6 Å². The average Bonchev–Trinajstić information content (AvgIpc) is 2.56. The van der Waals surface area contributed by atoms with Gasteiger partial charge in [0.25, 0.3) is 5.91 Å². The Morgan fingerprint density at radius 2 is 1.87 bits per heavy atom. The highest BCUT2D eigenvalue weighted by molar-refractivity contribution is 6.05. The summed E-state index contributed by atoms with van der Waals surface area (Å²) in [5.41, 5.74) is 2.33. The van der Waals surface area contributed by atoms with E-state index in [2.05, 4.69) is 10.1 Å². The van der Waals surface area contributed by atoms with Crippen molar-refractivity contribution in [3.63, 3.8) is 0 Å². The van der Waals surface area contributed by atoms with Crippen LogP contribution in [0.25, 0.3) is 0 Å². The van der Waals surface area contributed by atoms with Gasteiger partial charge in [0.15, 0.2) is 0 Å². The van der Waals surface area contributed by atoms with E-state index in [1.165, 1.54) is 7.11 Å². The molecule has 0 spiro atoms. The lowest BCUT2D eigenvalue weighted by Crippen LogP contribution is -2.13. The second-order valence-corrected chi connectivity index (χ2v) is 4.94. The molecule has 2 rings (SSSR count). The van der Waals surface area contributed by atoms with Gasteiger partial charge in [-0.05, 0) is 55.8 Å². The number of aryl methyl sites for hydroxylation is 1. The van der Waals surface area contributed by atoms with E-state index in [1.54, 1.807) is 42.5 Å². The van der Waals surface area contributed by atoms with Crippen molar-refractivity contribution in [2.45, 2.75) is 13.8 Å². The van der Waals surface area contributed by atoms with Crippen molar-refractivity contribution in [3.05, 3.63) is 59.2 Å². The fraction of sp³-hybridized carbons (Fsp3) is 0.222. The van der Waals surface area contributed by atoms with Gasteiger partial charge in [-0.25, -0.2) is 4.79 Å². The predicted molar refractivity (Wildman–Crippen MR) is 88.1 cm³/mol. The molecule has 0 aliphatic carbocycles. The zero-order valence-corrected chi connectivity index (χ0v) is 13.4.